The number of aromatic nitrogens is 2. The fraction of sp³-hybridized carbons (Fsp3) is 0.381. The van der Waals surface area contributed by atoms with Crippen molar-refractivity contribution in [3.8, 4) is 0 Å². The molecular formula is C21H25N3OS2. The quantitative estimate of drug-likeness (QED) is 0.410. The van der Waals surface area contributed by atoms with Crippen LogP contribution < -0.4 is 0 Å². The first-order chi connectivity index (χ1) is 13.0. The van der Waals surface area contributed by atoms with Crippen molar-refractivity contribution < 1.29 is 4.79 Å². The van der Waals surface area contributed by atoms with Crippen LogP contribution in [0.2, 0.25) is 0 Å². The van der Waals surface area contributed by atoms with E-state index < -0.39 is 0 Å². The molecule has 0 aliphatic heterocycles. The number of hydrogen-bond acceptors (Lipinski definition) is 5. The largest absolute Gasteiger partial charge is 0.338 e. The Balaban J connectivity index is 1.79. The molecule has 0 saturated carbocycles. The minimum Gasteiger partial charge on any atom is -0.338 e. The molecule has 0 N–H and O–H groups in total. The van der Waals surface area contributed by atoms with Gasteiger partial charge in [-0.2, -0.15) is 0 Å². The first kappa shape index (κ1) is 19.8. The molecule has 1 amide bonds. The summed E-state index contributed by atoms with van der Waals surface area (Å²) in [5, 5.41) is 1.78. The fourth-order valence-electron chi connectivity index (χ4n) is 2.94. The van der Waals surface area contributed by atoms with Gasteiger partial charge in [-0.3, -0.25) is 4.79 Å². The van der Waals surface area contributed by atoms with Gasteiger partial charge in [0.1, 0.15) is 15.7 Å². The minimum atomic E-state index is -0.198. The molecule has 0 saturated heterocycles. The summed E-state index contributed by atoms with van der Waals surface area (Å²) in [5.41, 5.74) is 1.15. The summed E-state index contributed by atoms with van der Waals surface area (Å²) < 4.78 is 0. The zero-order chi connectivity index (χ0) is 19.4. The fourth-order valence-corrected chi connectivity index (χ4v) is 5.06. The van der Waals surface area contributed by atoms with Gasteiger partial charge in [0.25, 0.3) is 0 Å². The van der Waals surface area contributed by atoms with Crippen LogP contribution in [0.15, 0.2) is 41.4 Å². The van der Waals surface area contributed by atoms with Gasteiger partial charge in [-0.15, -0.1) is 11.3 Å². The summed E-state index contributed by atoms with van der Waals surface area (Å²) in [4.78, 5) is 26.4. The van der Waals surface area contributed by atoms with Crippen molar-refractivity contribution in [2.24, 2.45) is 0 Å². The van der Waals surface area contributed by atoms with E-state index >= 15 is 0 Å². The predicted octanol–water partition coefficient (Wildman–Crippen LogP) is 5.09. The first-order valence-corrected chi connectivity index (χ1v) is 11.0. The highest BCUT2D eigenvalue weighted by atomic mass is 32.2. The zero-order valence-corrected chi connectivity index (χ0v) is 17.9. The lowest BCUT2D eigenvalue weighted by molar-refractivity contribution is -0.130. The van der Waals surface area contributed by atoms with E-state index in [9.17, 15) is 4.79 Å². The number of rotatable bonds is 7. The Labute approximate surface area is 169 Å². The third-order valence-electron chi connectivity index (χ3n) is 4.41. The van der Waals surface area contributed by atoms with Gasteiger partial charge in [-0.25, -0.2) is 9.97 Å². The zero-order valence-electron chi connectivity index (χ0n) is 16.2. The molecule has 0 aliphatic carbocycles. The number of carbonyl (C=O) groups excluding carboxylic acids is 1. The van der Waals surface area contributed by atoms with Crippen molar-refractivity contribution in [3.63, 3.8) is 0 Å². The molecule has 0 bridgehead atoms. The normalized spacial score (nSPS) is 12.3. The molecule has 0 spiro atoms. The van der Waals surface area contributed by atoms with Crippen LogP contribution in [0.3, 0.4) is 0 Å². The SMILES string of the molecule is CCc1cc2c(SC(C)C(=O)N(CC)Cc3ccccc3)nc(C)nc2s1. The number of carbonyl (C=O) groups is 1. The molecule has 1 atom stereocenters. The molecule has 6 heteroatoms. The van der Waals surface area contributed by atoms with Crippen LogP contribution in [-0.2, 0) is 17.8 Å². The topological polar surface area (TPSA) is 46.1 Å². The van der Waals surface area contributed by atoms with Gasteiger partial charge in [0.2, 0.25) is 5.91 Å². The van der Waals surface area contributed by atoms with Crippen LogP contribution in [0.5, 0.6) is 0 Å². The van der Waals surface area contributed by atoms with Crippen molar-refractivity contribution in [2.45, 2.75) is 50.9 Å². The van der Waals surface area contributed by atoms with Crippen LogP contribution in [-0.4, -0.2) is 32.6 Å². The van der Waals surface area contributed by atoms with E-state index in [1.165, 1.54) is 16.6 Å². The Morgan fingerprint density at radius 3 is 2.63 bits per heavy atom. The van der Waals surface area contributed by atoms with Gasteiger partial charge < -0.3 is 4.90 Å². The van der Waals surface area contributed by atoms with E-state index in [-0.39, 0.29) is 11.2 Å². The number of amides is 1. The summed E-state index contributed by atoms with van der Waals surface area (Å²) in [6.07, 6.45) is 0.985. The average molecular weight is 400 g/mol. The maximum atomic E-state index is 13.0. The van der Waals surface area contributed by atoms with Crippen LogP contribution in [0.25, 0.3) is 10.2 Å². The Kier molecular flexibility index (Phi) is 6.50. The average Bonchev–Trinajstić information content (AvgIpc) is 3.09. The maximum absolute atomic E-state index is 13.0. The van der Waals surface area contributed by atoms with Crippen LogP contribution >= 0.6 is 23.1 Å². The molecule has 2 heterocycles. The van der Waals surface area contributed by atoms with E-state index in [0.717, 1.165) is 33.1 Å². The van der Waals surface area contributed by atoms with Gasteiger partial charge in [0, 0.05) is 23.4 Å². The van der Waals surface area contributed by atoms with E-state index in [4.69, 9.17) is 0 Å². The number of fused-ring (bicyclic) bond motifs is 1. The number of nitrogens with zero attached hydrogens (tertiary/aromatic N) is 3. The highest BCUT2D eigenvalue weighted by Gasteiger charge is 2.23. The van der Waals surface area contributed by atoms with E-state index in [0.29, 0.717) is 13.1 Å². The van der Waals surface area contributed by atoms with Crippen molar-refractivity contribution >= 4 is 39.2 Å². The lowest BCUT2D eigenvalue weighted by Gasteiger charge is -2.24. The summed E-state index contributed by atoms with van der Waals surface area (Å²) in [6.45, 7) is 9.38. The second-order valence-electron chi connectivity index (χ2n) is 6.46. The molecule has 2 aromatic heterocycles. The molecular weight excluding hydrogens is 374 g/mol. The second-order valence-corrected chi connectivity index (χ2v) is 8.90. The Morgan fingerprint density at radius 1 is 1.22 bits per heavy atom. The number of thiophene rings is 1. The molecule has 3 aromatic rings. The molecule has 0 fully saturated rings. The van der Waals surface area contributed by atoms with Crippen molar-refractivity contribution in [3.05, 3.63) is 52.7 Å². The Hall–Kier alpha value is -1.92. The van der Waals surface area contributed by atoms with Crippen molar-refractivity contribution in [2.75, 3.05) is 6.54 Å². The van der Waals surface area contributed by atoms with Gasteiger partial charge in [0.05, 0.1) is 5.25 Å². The number of aryl methyl sites for hydroxylation is 2. The van der Waals surface area contributed by atoms with E-state index in [1.54, 1.807) is 11.3 Å². The van der Waals surface area contributed by atoms with Crippen LogP contribution in [0, 0.1) is 6.92 Å². The van der Waals surface area contributed by atoms with Gasteiger partial charge in [0.15, 0.2) is 0 Å². The summed E-state index contributed by atoms with van der Waals surface area (Å²) in [7, 11) is 0. The third kappa shape index (κ3) is 4.68. The summed E-state index contributed by atoms with van der Waals surface area (Å²) in [6, 6.07) is 12.3. The molecule has 4 nitrogen and oxygen atoms in total. The highest BCUT2D eigenvalue weighted by molar-refractivity contribution is 8.00. The lowest BCUT2D eigenvalue weighted by Crippen LogP contribution is -2.36. The minimum absolute atomic E-state index is 0.140. The molecule has 27 heavy (non-hydrogen) atoms. The van der Waals surface area contributed by atoms with Gasteiger partial charge >= 0.3 is 0 Å². The van der Waals surface area contributed by atoms with Gasteiger partial charge in [-0.05, 0) is 38.8 Å². The predicted molar refractivity (Wildman–Crippen MR) is 114 cm³/mol. The van der Waals surface area contributed by atoms with Crippen LogP contribution in [0.1, 0.15) is 37.0 Å². The smallest absolute Gasteiger partial charge is 0.236 e. The number of benzene rings is 1. The molecule has 3 rings (SSSR count). The molecule has 1 unspecified atom stereocenters. The molecule has 142 valence electrons. The summed E-state index contributed by atoms with van der Waals surface area (Å²) in [5.74, 6) is 0.896. The maximum Gasteiger partial charge on any atom is 0.236 e. The van der Waals surface area contributed by atoms with E-state index in [1.807, 2.05) is 43.9 Å². The summed E-state index contributed by atoms with van der Waals surface area (Å²) >= 11 is 3.25. The Bertz CT molecular complexity index is 924. The molecule has 0 radical (unpaired) electrons. The highest BCUT2D eigenvalue weighted by Crippen LogP contribution is 2.34. The lowest BCUT2D eigenvalue weighted by atomic mass is 10.2. The molecule has 1 aromatic carbocycles. The molecule has 0 aliphatic rings. The van der Waals surface area contributed by atoms with Gasteiger partial charge in [-0.1, -0.05) is 49.0 Å². The van der Waals surface area contributed by atoms with Crippen molar-refractivity contribution in [1.29, 1.82) is 0 Å². The van der Waals surface area contributed by atoms with Crippen molar-refractivity contribution in [1.82, 2.24) is 14.9 Å². The number of thioether (sulfide) groups is 1. The Morgan fingerprint density at radius 2 is 1.96 bits per heavy atom. The third-order valence-corrected chi connectivity index (χ3v) is 6.68. The monoisotopic (exact) mass is 399 g/mol. The first-order valence-electron chi connectivity index (χ1n) is 9.28. The van der Waals surface area contributed by atoms with Crippen LogP contribution in [0.4, 0.5) is 0 Å². The second kappa shape index (κ2) is 8.85. The van der Waals surface area contributed by atoms with E-state index in [2.05, 4.69) is 35.1 Å². The standard InChI is InChI=1S/C21H25N3OS2/c1-5-17-12-18-19(22-15(4)23-20(18)27-17)26-14(3)21(25)24(6-2)13-16-10-8-7-9-11-16/h7-12,14H,5-6,13H2,1-4H3. The number of hydrogen-bond donors (Lipinski definition) is 0.